The quantitative estimate of drug-likeness (QED) is 0.891. The molecule has 3 rings (SSSR count). The van der Waals surface area contributed by atoms with E-state index in [4.69, 9.17) is 14.7 Å². The number of rotatable bonds is 3. The molecule has 2 heterocycles. The fourth-order valence-corrected chi connectivity index (χ4v) is 2.94. The monoisotopic (exact) mass is 247 g/mol. The predicted molar refractivity (Wildman–Crippen MR) is 70.8 cm³/mol. The molecule has 18 heavy (non-hydrogen) atoms. The van der Waals surface area contributed by atoms with Crippen molar-refractivity contribution in [1.82, 2.24) is 9.97 Å². The third-order valence-corrected chi connectivity index (χ3v) is 3.97. The Morgan fingerprint density at radius 2 is 2.17 bits per heavy atom. The third-order valence-electron chi connectivity index (χ3n) is 3.97. The van der Waals surface area contributed by atoms with E-state index in [2.05, 4.69) is 19.2 Å². The van der Waals surface area contributed by atoms with E-state index in [1.807, 2.05) is 0 Å². The van der Waals surface area contributed by atoms with Gasteiger partial charge < -0.3 is 10.1 Å². The summed E-state index contributed by atoms with van der Waals surface area (Å²) >= 11 is 0. The molecule has 1 saturated heterocycles. The molecule has 4 nitrogen and oxygen atoms in total. The summed E-state index contributed by atoms with van der Waals surface area (Å²) in [6.45, 7) is 5.96. The van der Waals surface area contributed by atoms with Gasteiger partial charge in [0.15, 0.2) is 5.82 Å². The molecule has 0 aromatic carbocycles. The molecule has 0 radical (unpaired) electrons. The number of nitrogens with zero attached hydrogens (tertiary/aromatic N) is 2. The first kappa shape index (κ1) is 11.9. The molecule has 1 aliphatic carbocycles. The van der Waals surface area contributed by atoms with Crippen molar-refractivity contribution < 1.29 is 4.74 Å². The van der Waals surface area contributed by atoms with Gasteiger partial charge in [0.2, 0.25) is 0 Å². The minimum Gasteiger partial charge on any atom is -0.370 e. The molecule has 1 aromatic heterocycles. The van der Waals surface area contributed by atoms with E-state index in [0.717, 1.165) is 50.5 Å². The summed E-state index contributed by atoms with van der Waals surface area (Å²) in [4.78, 5) is 9.51. The van der Waals surface area contributed by atoms with Gasteiger partial charge in [0, 0.05) is 24.4 Å². The van der Waals surface area contributed by atoms with Gasteiger partial charge in [-0.25, -0.2) is 9.97 Å². The highest BCUT2D eigenvalue weighted by Crippen LogP contribution is 2.36. The number of anilines is 1. The summed E-state index contributed by atoms with van der Waals surface area (Å²) in [6.07, 6.45) is 5.52. The lowest BCUT2D eigenvalue weighted by atomic mass is 10.0. The zero-order chi connectivity index (χ0) is 12.6. The Kier molecular flexibility index (Phi) is 2.98. The molecule has 0 amide bonds. The minimum absolute atomic E-state index is 0.276. The van der Waals surface area contributed by atoms with Crippen LogP contribution >= 0.6 is 0 Å². The number of fused-ring (bicyclic) bond motifs is 1. The van der Waals surface area contributed by atoms with E-state index in [9.17, 15) is 0 Å². The Labute approximate surface area is 108 Å². The number of nitrogens with one attached hydrogen (secondary N) is 1. The van der Waals surface area contributed by atoms with Crippen LogP contribution in [0.1, 0.15) is 50.2 Å². The van der Waals surface area contributed by atoms with Crippen LogP contribution in [-0.2, 0) is 23.2 Å². The highest BCUT2D eigenvalue weighted by molar-refractivity contribution is 5.49. The van der Waals surface area contributed by atoms with Crippen LogP contribution in [-0.4, -0.2) is 23.1 Å². The van der Waals surface area contributed by atoms with Crippen molar-refractivity contribution in [2.45, 2.75) is 51.6 Å². The molecule has 1 N–H and O–H groups in total. The van der Waals surface area contributed by atoms with E-state index in [0.29, 0.717) is 0 Å². The van der Waals surface area contributed by atoms with Crippen molar-refractivity contribution in [1.29, 1.82) is 0 Å². The largest absolute Gasteiger partial charge is 0.370 e. The summed E-state index contributed by atoms with van der Waals surface area (Å²) in [6, 6.07) is 0. The fourth-order valence-electron chi connectivity index (χ4n) is 2.94. The minimum atomic E-state index is -0.276. The molecule has 4 heteroatoms. The Hall–Kier alpha value is -1.16. The lowest BCUT2D eigenvalue weighted by molar-refractivity contribution is 0.00928. The standard InChI is InChI=1S/C14H21N3O/c1-3-15-12-10-6-4-7-11(10)16-13(17-12)14(2)8-5-9-18-14/h3-9H2,1-2H3,(H,15,16,17). The van der Waals surface area contributed by atoms with Crippen LogP contribution in [0.3, 0.4) is 0 Å². The molecule has 1 aromatic rings. The van der Waals surface area contributed by atoms with E-state index >= 15 is 0 Å². The molecule has 98 valence electrons. The van der Waals surface area contributed by atoms with Crippen LogP contribution in [0.2, 0.25) is 0 Å². The lowest BCUT2D eigenvalue weighted by Gasteiger charge is -2.23. The summed E-state index contributed by atoms with van der Waals surface area (Å²) in [5.74, 6) is 1.91. The second-order valence-electron chi connectivity index (χ2n) is 5.39. The van der Waals surface area contributed by atoms with Gasteiger partial charge in [-0.2, -0.15) is 0 Å². The van der Waals surface area contributed by atoms with Gasteiger partial charge in [-0.3, -0.25) is 0 Å². The third kappa shape index (κ3) is 1.88. The van der Waals surface area contributed by atoms with Crippen LogP contribution in [0.4, 0.5) is 5.82 Å². The molecular weight excluding hydrogens is 226 g/mol. The van der Waals surface area contributed by atoms with Gasteiger partial charge >= 0.3 is 0 Å². The fraction of sp³-hybridized carbons (Fsp3) is 0.714. The Bertz CT molecular complexity index is 453. The number of aryl methyl sites for hydroxylation is 1. The summed E-state index contributed by atoms with van der Waals surface area (Å²) in [7, 11) is 0. The van der Waals surface area contributed by atoms with Crippen molar-refractivity contribution in [3.8, 4) is 0 Å². The maximum atomic E-state index is 5.87. The smallest absolute Gasteiger partial charge is 0.162 e. The van der Waals surface area contributed by atoms with E-state index in [1.54, 1.807) is 0 Å². The number of hydrogen-bond donors (Lipinski definition) is 1. The molecular formula is C14H21N3O. The molecule has 0 spiro atoms. The Morgan fingerprint density at radius 3 is 2.89 bits per heavy atom. The summed E-state index contributed by atoms with van der Waals surface area (Å²) in [5, 5.41) is 3.38. The Morgan fingerprint density at radius 1 is 1.28 bits per heavy atom. The van der Waals surface area contributed by atoms with Gasteiger partial charge in [-0.15, -0.1) is 0 Å². The van der Waals surface area contributed by atoms with Crippen molar-refractivity contribution in [3.63, 3.8) is 0 Å². The van der Waals surface area contributed by atoms with Crippen molar-refractivity contribution >= 4 is 5.82 Å². The maximum Gasteiger partial charge on any atom is 0.162 e. The number of ether oxygens (including phenoxy) is 1. The molecule has 1 fully saturated rings. The predicted octanol–water partition coefficient (Wildman–Crippen LogP) is 2.42. The second kappa shape index (κ2) is 4.50. The SMILES string of the molecule is CCNc1nc(C2(C)CCCO2)nc2c1CCC2. The first-order chi connectivity index (χ1) is 8.73. The molecule has 0 bridgehead atoms. The van der Waals surface area contributed by atoms with E-state index < -0.39 is 0 Å². The maximum absolute atomic E-state index is 5.87. The van der Waals surface area contributed by atoms with E-state index in [1.165, 1.54) is 17.7 Å². The van der Waals surface area contributed by atoms with Crippen LogP contribution in [0.25, 0.3) is 0 Å². The van der Waals surface area contributed by atoms with E-state index in [-0.39, 0.29) is 5.60 Å². The van der Waals surface area contributed by atoms with Gasteiger partial charge in [0.25, 0.3) is 0 Å². The van der Waals surface area contributed by atoms with Crippen molar-refractivity contribution in [2.24, 2.45) is 0 Å². The first-order valence-electron chi connectivity index (χ1n) is 7.01. The Balaban J connectivity index is 2.03. The normalized spacial score (nSPS) is 26.3. The van der Waals surface area contributed by atoms with Crippen molar-refractivity contribution in [2.75, 3.05) is 18.5 Å². The average molecular weight is 247 g/mol. The van der Waals surface area contributed by atoms with Gasteiger partial charge in [-0.05, 0) is 46.0 Å². The van der Waals surface area contributed by atoms with Crippen LogP contribution in [0, 0.1) is 0 Å². The first-order valence-corrected chi connectivity index (χ1v) is 7.01. The molecule has 0 saturated carbocycles. The summed E-state index contributed by atoms with van der Waals surface area (Å²) < 4.78 is 5.87. The number of aromatic nitrogens is 2. The molecule has 1 unspecified atom stereocenters. The highest BCUT2D eigenvalue weighted by atomic mass is 16.5. The van der Waals surface area contributed by atoms with Gasteiger partial charge in [-0.1, -0.05) is 0 Å². The van der Waals surface area contributed by atoms with Crippen molar-refractivity contribution in [3.05, 3.63) is 17.1 Å². The molecule has 1 atom stereocenters. The van der Waals surface area contributed by atoms with Crippen LogP contribution in [0.5, 0.6) is 0 Å². The molecule has 2 aliphatic rings. The van der Waals surface area contributed by atoms with Gasteiger partial charge in [0.05, 0.1) is 0 Å². The summed E-state index contributed by atoms with van der Waals surface area (Å²) in [5.41, 5.74) is 2.27. The van der Waals surface area contributed by atoms with Crippen LogP contribution < -0.4 is 5.32 Å². The zero-order valence-electron chi connectivity index (χ0n) is 11.3. The van der Waals surface area contributed by atoms with Crippen LogP contribution in [0.15, 0.2) is 0 Å². The zero-order valence-corrected chi connectivity index (χ0v) is 11.3. The number of hydrogen-bond acceptors (Lipinski definition) is 4. The van der Waals surface area contributed by atoms with Gasteiger partial charge in [0.1, 0.15) is 11.4 Å². The highest BCUT2D eigenvalue weighted by Gasteiger charge is 2.36. The topological polar surface area (TPSA) is 47.0 Å². The molecule has 1 aliphatic heterocycles. The average Bonchev–Trinajstić information content (AvgIpc) is 2.98. The second-order valence-corrected chi connectivity index (χ2v) is 5.39. The lowest BCUT2D eigenvalue weighted by Crippen LogP contribution is -2.25.